The summed E-state index contributed by atoms with van der Waals surface area (Å²) in [6, 6.07) is 17.7. The van der Waals surface area contributed by atoms with Gasteiger partial charge in [-0.15, -0.1) is 10.2 Å². The van der Waals surface area contributed by atoms with Crippen molar-refractivity contribution in [2.24, 2.45) is 0 Å². The molecule has 1 fully saturated rings. The molecule has 7 nitrogen and oxygen atoms in total. The minimum absolute atomic E-state index is 0.233. The molecule has 8 heteroatoms. The van der Waals surface area contributed by atoms with Crippen LogP contribution in [0.3, 0.4) is 0 Å². The van der Waals surface area contributed by atoms with E-state index in [0.717, 1.165) is 35.7 Å². The van der Waals surface area contributed by atoms with E-state index >= 15 is 0 Å². The van der Waals surface area contributed by atoms with Gasteiger partial charge in [0.15, 0.2) is 5.82 Å². The van der Waals surface area contributed by atoms with Crippen molar-refractivity contribution in [1.82, 2.24) is 10.2 Å². The van der Waals surface area contributed by atoms with Gasteiger partial charge >= 0.3 is 0 Å². The predicted octanol–water partition coefficient (Wildman–Crippen LogP) is 3.09. The third-order valence-corrected chi connectivity index (χ3v) is 6.15. The first kappa shape index (κ1) is 19.4. The van der Waals surface area contributed by atoms with Crippen LogP contribution in [0.2, 0.25) is 0 Å². The van der Waals surface area contributed by atoms with E-state index in [1.165, 1.54) is 0 Å². The third-order valence-electron chi connectivity index (χ3n) is 4.75. The van der Waals surface area contributed by atoms with E-state index in [2.05, 4.69) is 19.8 Å². The molecule has 0 saturated carbocycles. The molecule has 1 saturated heterocycles. The summed E-state index contributed by atoms with van der Waals surface area (Å²) in [6.45, 7) is 4.93. The number of morpholine rings is 1. The zero-order valence-corrected chi connectivity index (χ0v) is 16.9. The molecule has 0 radical (unpaired) electrons. The summed E-state index contributed by atoms with van der Waals surface area (Å²) in [5.41, 5.74) is 3.10. The summed E-state index contributed by atoms with van der Waals surface area (Å²) >= 11 is 0. The molecule has 2 aromatic carbocycles. The van der Waals surface area contributed by atoms with Crippen molar-refractivity contribution in [3.8, 4) is 11.3 Å². The van der Waals surface area contributed by atoms with E-state index in [1.54, 1.807) is 36.4 Å². The van der Waals surface area contributed by atoms with Crippen molar-refractivity contribution in [2.45, 2.75) is 11.8 Å². The van der Waals surface area contributed by atoms with Gasteiger partial charge in [-0.05, 0) is 43.3 Å². The van der Waals surface area contributed by atoms with Gasteiger partial charge in [-0.1, -0.05) is 29.8 Å². The number of aryl methyl sites for hydroxylation is 1. The molecule has 1 aromatic heterocycles. The van der Waals surface area contributed by atoms with E-state index in [-0.39, 0.29) is 4.90 Å². The van der Waals surface area contributed by atoms with Crippen LogP contribution < -0.4 is 9.62 Å². The number of rotatable bonds is 5. The minimum Gasteiger partial charge on any atom is -0.378 e. The van der Waals surface area contributed by atoms with Gasteiger partial charge in [0.05, 0.1) is 23.8 Å². The number of nitrogens with one attached hydrogen (secondary N) is 1. The minimum atomic E-state index is -3.62. The largest absolute Gasteiger partial charge is 0.378 e. The fourth-order valence-corrected chi connectivity index (χ4v) is 4.14. The highest BCUT2D eigenvalue weighted by molar-refractivity contribution is 7.92. The average molecular weight is 410 g/mol. The second-order valence-electron chi connectivity index (χ2n) is 6.87. The van der Waals surface area contributed by atoms with Gasteiger partial charge in [-0.25, -0.2) is 8.42 Å². The number of ether oxygens (including phenoxy) is 1. The van der Waals surface area contributed by atoms with Crippen LogP contribution in [0, 0.1) is 6.92 Å². The average Bonchev–Trinajstić information content (AvgIpc) is 2.75. The summed E-state index contributed by atoms with van der Waals surface area (Å²) in [6.07, 6.45) is 0. The molecule has 29 heavy (non-hydrogen) atoms. The van der Waals surface area contributed by atoms with E-state index < -0.39 is 10.0 Å². The van der Waals surface area contributed by atoms with Crippen LogP contribution in [0.4, 0.5) is 11.5 Å². The Morgan fingerprint density at radius 1 is 0.897 bits per heavy atom. The molecular formula is C21H22N4O3S. The Morgan fingerprint density at radius 3 is 2.21 bits per heavy atom. The smallest absolute Gasteiger partial charge is 0.261 e. The van der Waals surface area contributed by atoms with Gasteiger partial charge in [0.1, 0.15) is 0 Å². The third kappa shape index (κ3) is 4.55. The van der Waals surface area contributed by atoms with Crippen molar-refractivity contribution >= 4 is 21.5 Å². The summed E-state index contributed by atoms with van der Waals surface area (Å²) in [5.74, 6) is 0.833. The van der Waals surface area contributed by atoms with Gasteiger partial charge in [-0.2, -0.15) is 0 Å². The van der Waals surface area contributed by atoms with Gasteiger partial charge in [0.2, 0.25) is 0 Å². The van der Waals surface area contributed by atoms with Crippen molar-refractivity contribution < 1.29 is 13.2 Å². The van der Waals surface area contributed by atoms with Crippen molar-refractivity contribution in [3.05, 3.63) is 66.2 Å². The van der Waals surface area contributed by atoms with Gasteiger partial charge in [-0.3, -0.25) is 4.72 Å². The molecule has 0 bridgehead atoms. The Balaban J connectivity index is 1.47. The number of hydrogen-bond acceptors (Lipinski definition) is 6. The van der Waals surface area contributed by atoms with E-state index in [0.29, 0.717) is 18.9 Å². The fraction of sp³-hybridized carbons (Fsp3) is 0.238. The van der Waals surface area contributed by atoms with Crippen LogP contribution >= 0.6 is 0 Å². The van der Waals surface area contributed by atoms with Crippen molar-refractivity contribution in [1.29, 1.82) is 0 Å². The Morgan fingerprint density at radius 2 is 1.59 bits per heavy atom. The molecule has 0 spiro atoms. The number of aromatic nitrogens is 2. The molecule has 0 aliphatic carbocycles. The van der Waals surface area contributed by atoms with Crippen molar-refractivity contribution in [3.63, 3.8) is 0 Å². The first-order valence-electron chi connectivity index (χ1n) is 9.38. The SMILES string of the molecule is Cc1ccc(S(=O)(=O)Nc2ccc(-c3ccc(N4CCOCC4)nn3)cc2)cc1. The van der Waals surface area contributed by atoms with Crippen LogP contribution in [0.5, 0.6) is 0 Å². The number of hydrogen-bond donors (Lipinski definition) is 1. The lowest BCUT2D eigenvalue weighted by atomic mass is 10.1. The highest BCUT2D eigenvalue weighted by Crippen LogP contribution is 2.23. The standard InChI is InChI=1S/C21H22N4O3S/c1-16-2-8-19(9-3-16)29(26,27)24-18-6-4-17(5-7-18)20-10-11-21(23-22-20)25-12-14-28-15-13-25/h2-11,24H,12-15H2,1H3. The maximum absolute atomic E-state index is 12.5. The molecule has 1 aliphatic heterocycles. The molecule has 3 aromatic rings. The number of benzene rings is 2. The van der Waals surface area contributed by atoms with Crippen molar-refractivity contribution in [2.75, 3.05) is 35.9 Å². The summed E-state index contributed by atoms with van der Waals surface area (Å²) in [4.78, 5) is 2.38. The highest BCUT2D eigenvalue weighted by Gasteiger charge is 2.15. The zero-order valence-electron chi connectivity index (χ0n) is 16.1. The highest BCUT2D eigenvalue weighted by atomic mass is 32.2. The number of anilines is 2. The first-order valence-corrected chi connectivity index (χ1v) is 10.9. The van der Waals surface area contributed by atoms with Crippen LogP contribution in [-0.4, -0.2) is 44.9 Å². The maximum Gasteiger partial charge on any atom is 0.261 e. The quantitative estimate of drug-likeness (QED) is 0.696. The van der Waals surface area contributed by atoms with Crippen LogP contribution in [-0.2, 0) is 14.8 Å². The van der Waals surface area contributed by atoms with E-state index in [1.807, 2.05) is 31.2 Å². The molecule has 0 amide bonds. The molecule has 0 unspecified atom stereocenters. The Bertz CT molecular complexity index is 1060. The van der Waals surface area contributed by atoms with Gasteiger partial charge in [0, 0.05) is 24.3 Å². The molecular weight excluding hydrogens is 388 g/mol. The van der Waals surface area contributed by atoms with Crippen LogP contribution in [0.15, 0.2) is 65.6 Å². The monoisotopic (exact) mass is 410 g/mol. The second-order valence-corrected chi connectivity index (χ2v) is 8.55. The summed E-state index contributed by atoms with van der Waals surface area (Å²) in [5, 5.41) is 8.63. The first-order chi connectivity index (χ1) is 14.0. The van der Waals surface area contributed by atoms with E-state index in [9.17, 15) is 8.42 Å². The lowest BCUT2D eigenvalue weighted by molar-refractivity contribution is 0.122. The Hall–Kier alpha value is -2.97. The molecule has 2 heterocycles. The number of sulfonamides is 1. The van der Waals surface area contributed by atoms with Crippen LogP contribution in [0.1, 0.15) is 5.56 Å². The van der Waals surface area contributed by atoms with Gasteiger partial charge < -0.3 is 9.64 Å². The molecule has 1 aliphatic rings. The Kier molecular flexibility index (Phi) is 5.46. The maximum atomic E-state index is 12.5. The second kappa shape index (κ2) is 8.18. The molecule has 150 valence electrons. The molecule has 0 atom stereocenters. The lowest BCUT2D eigenvalue weighted by Gasteiger charge is -2.27. The Labute approximate surface area is 170 Å². The lowest BCUT2D eigenvalue weighted by Crippen LogP contribution is -2.36. The van der Waals surface area contributed by atoms with E-state index in [4.69, 9.17) is 4.74 Å². The summed E-state index contributed by atoms with van der Waals surface area (Å²) in [7, 11) is -3.62. The zero-order chi connectivity index (χ0) is 20.3. The normalized spacial score (nSPS) is 14.6. The number of nitrogens with zero attached hydrogens (tertiary/aromatic N) is 3. The fourth-order valence-electron chi connectivity index (χ4n) is 3.08. The molecule has 4 rings (SSSR count). The topological polar surface area (TPSA) is 84.4 Å². The molecule has 1 N–H and O–H groups in total. The predicted molar refractivity (Wildman–Crippen MR) is 112 cm³/mol. The van der Waals surface area contributed by atoms with Gasteiger partial charge in [0.25, 0.3) is 10.0 Å². The summed E-state index contributed by atoms with van der Waals surface area (Å²) < 4.78 is 33.0. The van der Waals surface area contributed by atoms with Crippen LogP contribution in [0.25, 0.3) is 11.3 Å².